The Bertz CT molecular complexity index is 686. The SMILES string of the molecule is Cc1cccc(Sc2nc(C(F)(F)F)ccc2C(N)=O)c1. The Labute approximate surface area is 123 Å². The lowest BCUT2D eigenvalue weighted by Crippen LogP contribution is -2.16. The van der Waals surface area contributed by atoms with Gasteiger partial charge in [0, 0.05) is 4.90 Å². The molecule has 0 bridgehead atoms. The van der Waals surface area contributed by atoms with Crippen LogP contribution in [0.25, 0.3) is 0 Å². The summed E-state index contributed by atoms with van der Waals surface area (Å²) in [4.78, 5) is 15.5. The van der Waals surface area contributed by atoms with E-state index >= 15 is 0 Å². The molecule has 0 unspecified atom stereocenters. The van der Waals surface area contributed by atoms with Crippen LogP contribution in [0.1, 0.15) is 21.6 Å². The molecular formula is C14H11F3N2OS. The maximum absolute atomic E-state index is 12.7. The third-order valence-electron chi connectivity index (χ3n) is 2.62. The van der Waals surface area contributed by atoms with Crippen LogP contribution in [0.15, 0.2) is 46.3 Å². The van der Waals surface area contributed by atoms with Crippen molar-refractivity contribution < 1.29 is 18.0 Å². The van der Waals surface area contributed by atoms with E-state index in [2.05, 4.69) is 4.98 Å². The molecule has 2 rings (SSSR count). The molecule has 0 saturated heterocycles. The van der Waals surface area contributed by atoms with Crippen molar-refractivity contribution in [3.05, 3.63) is 53.2 Å². The lowest BCUT2D eigenvalue weighted by Gasteiger charge is -2.10. The van der Waals surface area contributed by atoms with Gasteiger partial charge in [0.1, 0.15) is 10.7 Å². The second kappa shape index (κ2) is 5.77. The number of hydrogen-bond donors (Lipinski definition) is 1. The molecule has 21 heavy (non-hydrogen) atoms. The van der Waals surface area contributed by atoms with Crippen LogP contribution in [0.4, 0.5) is 13.2 Å². The number of pyridine rings is 1. The summed E-state index contributed by atoms with van der Waals surface area (Å²) in [6.07, 6.45) is -4.57. The number of carbonyl (C=O) groups excluding carboxylic acids is 1. The standard InChI is InChI=1S/C14H11F3N2OS/c1-8-3-2-4-9(7-8)21-13-10(12(18)20)5-6-11(19-13)14(15,16)17/h2-7H,1H3,(H2,18,20). The molecule has 1 heterocycles. The van der Waals surface area contributed by atoms with E-state index in [1.165, 1.54) is 0 Å². The van der Waals surface area contributed by atoms with E-state index in [1.54, 1.807) is 18.2 Å². The first-order valence-corrected chi connectivity index (χ1v) is 6.71. The van der Waals surface area contributed by atoms with E-state index in [9.17, 15) is 18.0 Å². The molecule has 0 radical (unpaired) electrons. The van der Waals surface area contributed by atoms with Crippen molar-refractivity contribution in [1.82, 2.24) is 4.98 Å². The first-order chi connectivity index (χ1) is 9.77. The van der Waals surface area contributed by atoms with Gasteiger partial charge in [-0.3, -0.25) is 4.79 Å². The summed E-state index contributed by atoms with van der Waals surface area (Å²) in [7, 11) is 0. The minimum Gasteiger partial charge on any atom is -0.366 e. The van der Waals surface area contributed by atoms with Gasteiger partial charge in [-0.15, -0.1) is 0 Å². The molecule has 0 aliphatic heterocycles. The van der Waals surface area contributed by atoms with E-state index in [4.69, 9.17) is 5.73 Å². The van der Waals surface area contributed by atoms with Gasteiger partial charge in [-0.25, -0.2) is 4.98 Å². The zero-order valence-corrected chi connectivity index (χ0v) is 11.8. The molecular weight excluding hydrogens is 301 g/mol. The molecule has 2 aromatic rings. The third kappa shape index (κ3) is 3.75. The number of primary amides is 1. The van der Waals surface area contributed by atoms with E-state index in [1.807, 2.05) is 13.0 Å². The molecule has 0 aliphatic rings. The normalized spacial score (nSPS) is 11.4. The number of rotatable bonds is 3. The predicted molar refractivity (Wildman–Crippen MR) is 73.1 cm³/mol. The van der Waals surface area contributed by atoms with E-state index in [-0.39, 0.29) is 10.6 Å². The van der Waals surface area contributed by atoms with E-state index < -0.39 is 17.8 Å². The second-order valence-electron chi connectivity index (χ2n) is 4.33. The molecule has 2 N–H and O–H groups in total. The van der Waals surface area contributed by atoms with Crippen molar-refractivity contribution in [2.24, 2.45) is 5.73 Å². The summed E-state index contributed by atoms with van der Waals surface area (Å²) in [6.45, 7) is 1.86. The molecule has 0 saturated carbocycles. The van der Waals surface area contributed by atoms with Gasteiger partial charge < -0.3 is 5.73 Å². The molecule has 0 atom stereocenters. The largest absolute Gasteiger partial charge is 0.433 e. The molecule has 1 amide bonds. The van der Waals surface area contributed by atoms with Crippen molar-refractivity contribution in [1.29, 1.82) is 0 Å². The number of aryl methyl sites for hydroxylation is 1. The molecule has 0 spiro atoms. The van der Waals surface area contributed by atoms with E-state index in [0.29, 0.717) is 4.90 Å². The number of aromatic nitrogens is 1. The van der Waals surface area contributed by atoms with Crippen molar-refractivity contribution in [2.75, 3.05) is 0 Å². The minimum absolute atomic E-state index is 0.0329. The Morgan fingerprint density at radius 1 is 1.24 bits per heavy atom. The average molecular weight is 312 g/mol. The Hall–Kier alpha value is -2.02. The summed E-state index contributed by atoms with van der Waals surface area (Å²) < 4.78 is 38.1. The average Bonchev–Trinajstić information content (AvgIpc) is 2.37. The summed E-state index contributed by atoms with van der Waals surface area (Å²) >= 11 is 0.975. The fraction of sp³-hybridized carbons (Fsp3) is 0.143. The second-order valence-corrected chi connectivity index (χ2v) is 5.39. The molecule has 3 nitrogen and oxygen atoms in total. The van der Waals surface area contributed by atoms with Crippen LogP contribution in [0, 0.1) is 6.92 Å². The van der Waals surface area contributed by atoms with Crippen LogP contribution in [0.3, 0.4) is 0 Å². The fourth-order valence-corrected chi connectivity index (χ4v) is 2.69. The number of nitrogens with zero attached hydrogens (tertiary/aromatic N) is 1. The zero-order chi connectivity index (χ0) is 15.6. The minimum atomic E-state index is -4.57. The van der Waals surface area contributed by atoms with Gasteiger partial charge in [-0.1, -0.05) is 29.5 Å². The van der Waals surface area contributed by atoms with E-state index in [0.717, 1.165) is 29.5 Å². The predicted octanol–water partition coefficient (Wildman–Crippen LogP) is 3.66. The first-order valence-electron chi connectivity index (χ1n) is 5.90. The summed E-state index contributed by atoms with van der Waals surface area (Å²) in [5, 5.41) is -0.0528. The van der Waals surface area contributed by atoms with Crippen molar-refractivity contribution in [3.8, 4) is 0 Å². The third-order valence-corrected chi connectivity index (χ3v) is 3.61. The number of alkyl halides is 3. The van der Waals surface area contributed by atoms with Crippen molar-refractivity contribution in [2.45, 2.75) is 23.0 Å². The van der Waals surface area contributed by atoms with Crippen LogP contribution in [0.5, 0.6) is 0 Å². The van der Waals surface area contributed by atoms with Crippen LogP contribution < -0.4 is 5.73 Å². The Morgan fingerprint density at radius 3 is 2.52 bits per heavy atom. The number of nitrogens with two attached hydrogens (primary N) is 1. The number of benzene rings is 1. The monoisotopic (exact) mass is 312 g/mol. The van der Waals surface area contributed by atoms with Gasteiger partial charge in [0.25, 0.3) is 5.91 Å². The molecule has 0 aliphatic carbocycles. The molecule has 0 fully saturated rings. The van der Waals surface area contributed by atoms with Gasteiger partial charge in [0.2, 0.25) is 0 Å². The van der Waals surface area contributed by atoms with Crippen molar-refractivity contribution in [3.63, 3.8) is 0 Å². The number of hydrogen-bond acceptors (Lipinski definition) is 3. The molecule has 1 aromatic heterocycles. The van der Waals surface area contributed by atoms with Crippen molar-refractivity contribution >= 4 is 17.7 Å². The lowest BCUT2D eigenvalue weighted by atomic mass is 10.2. The Morgan fingerprint density at radius 2 is 1.95 bits per heavy atom. The highest BCUT2D eigenvalue weighted by Gasteiger charge is 2.33. The van der Waals surface area contributed by atoms with Crippen LogP contribution >= 0.6 is 11.8 Å². The van der Waals surface area contributed by atoms with Crippen LogP contribution in [-0.4, -0.2) is 10.9 Å². The summed E-state index contributed by atoms with van der Waals surface area (Å²) in [5.74, 6) is -0.814. The fourth-order valence-electron chi connectivity index (χ4n) is 1.65. The highest BCUT2D eigenvalue weighted by atomic mass is 32.2. The quantitative estimate of drug-likeness (QED) is 0.941. The summed E-state index contributed by atoms with van der Waals surface area (Å²) in [5.41, 5.74) is 5.05. The van der Waals surface area contributed by atoms with Gasteiger partial charge in [-0.2, -0.15) is 13.2 Å². The molecule has 110 valence electrons. The molecule has 7 heteroatoms. The number of halogens is 3. The maximum Gasteiger partial charge on any atom is 0.433 e. The Balaban J connectivity index is 2.46. The number of carbonyl (C=O) groups is 1. The van der Waals surface area contributed by atoms with Gasteiger partial charge in [0.05, 0.1) is 5.56 Å². The van der Waals surface area contributed by atoms with Gasteiger partial charge in [-0.05, 0) is 31.2 Å². The van der Waals surface area contributed by atoms with Gasteiger partial charge in [0.15, 0.2) is 0 Å². The van der Waals surface area contributed by atoms with Crippen LogP contribution in [-0.2, 0) is 6.18 Å². The van der Waals surface area contributed by atoms with Gasteiger partial charge >= 0.3 is 6.18 Å². The topological polar surface area (TPSA) is 56.0 Å². The maximum atomic E-state index is 12.7. The molecule has 1 aromatic carbocycles. The van der Waals surface area contributed by atoms with Crippen LogP contribution in [0.2, 0.25) is 0 Å². The number of amides is 1. The highest BCUT2D eigenvalue weighted by molar-refractivity contribution is 7.99. The zero-order valence-electron chi connectivity index (χ0n) is 10.9. The highest BCUT2D eigenvalue weighted by Crippen LogP contribution is 2.33. The lowest BCUT2D eigenvalue weighted by molar-refractivity contribution is -0.141. The smallest absolute Gasteiger partial charge is 0.366 e. The Kier molecular flexibility index (Phi) is 4.22. The summed E-state index contributed by atoms with van der Waals surface area (Å²) in [6, 6.07) is 8.95. The first kappa shape index (κ1) is 15.4.